The lowest BCUT2D eigenvalue weighted by Crippen LogP contribution is -2.37. The van der Waals surface area contributed by atoms with Crippen LogP contribution in [0.3, 0.4) is 0 Å². The Morgan fingerprint density at radius 2 is 1.85 bits per heavy atom. The summed E-state index contributed by atoms with van der Waals surface area (Å²) in [6.45, 7) is 2.64. The average Bonchev–Trinajstić information content (AvgIpc) is 3.12. The first-order valence-corrected chi connectivity index (χ1v) is 9.33. The van der Waals surface area contributed by atoms with E-state index in [9.17, 15) is 4.79 Å². The molecule has 0 radical (unpaired) electrons. The number of hydrogen-bond acceptors (Lipinski definition) is 2. The molecule has 2 aromatic carbocycles. The third kappa shape index (κ3) is 3.85. The molecule has 27 heavy (non-hydrogen) atoms. The summed E-state index contributed by atoms with van der Waals surface area (Å²) in [5, 5.41) is 2.96. The maximum atomic E-state index is 13.2. The molecular formula is C23H23N3O. The molecule has 0 unspecified atom stereocenters. The summed E-state index contributed by atoms with van der Waals surface area (Å²) in [4.78, 5) is 19.3. The normalized spacial score (nSPS) is 15.2. The molecule has 1 aliphatic rings. The topological polar surface area (TPSA) is 45.2 Å². The van der Waals surface area contributed by atoms with Gasteiger partial charge in [0.2, 0.25) is 0 Å². The molecule has 2 amide bonds. The maximum absolute atomic E-state index is 13.2. The Balaban J connectivity index is 1.62. The van der Waals surface area contributed by atoms with Gasteiger partial charge in [-0.25, -0.2) is 9.78 Å². The van der Waals surface area contributed by atoms with Gasteiger partial charge in [-0.1, -0.05) is 60.2 Å². The van der Waals surface area contributed by atoms with Crippen molar-refractivity contribution in [3.05, 3.63) is 95.2 Å². The van der Waals surface area contributed by atoms with Gasteiger partial charge in [-0.2, -0.15) is 0 Å². The number of fused-ring (bicyclic) bond motifs is 1. The number of aryl methyl sites for hydroxylation is 2. The van der Waals surface area contributed by atoms with Crippen LogP contribution < -0.4 is 5.32 Å². The van der Waals surface area contributed by atoms with Crippen molar-refractivity contribution in [1.29, 1.82) is 0 Å². The second-order valence-corrected chi connectivity index (χ2v) is 7.01. The molecule has 4 nitrogen and oxygen atoms in total. The van der Waals surface area contributed by atoms with Gasteiger partial charge >= 0.3 is 6.03 Å². The zero-order valence-electron chi connectivity index (χ0n) is 15.4. The third-order valence-corrected chi connectivity index (χ3v) is 5.11. The van der Waals surface area contributed by atoms with Crippen LogP contribution in [0.15, 0.2) is 72.9 Å². The Bertz CT molecular complexity index is 922. The van der Waals surface area contributed by atoms with Crippen molar-refractivity contribution in [2.45, 2.75) is 32.4 Å². The van der Waals surface area contributed by atoms with E-state index in [0.717, 1.165) is 18.4 Å². The molecule has 1 aliphatic carbocycles. The molecule has 1 atom stereocenters. The van der Waals surface area contributed by atoms with Gasteiger partial charge in [0.25, 0.3) is 0 Å². The summed E-state index contributed by atoms with van der Waals surface area (Å²) in [7, 11) is 0. The lowest BCUT2D eigenvalue weighted by atomic mass is 10.1. The third-order valence-electron chi connectivity index (χ3n) is 5.11. The molecule has 136 valence electrons. The van der Waals surface area contributed by atoms with Crippen LogP contribution in [-0.2, 0) is 13.0 Å². The summed E-state index contributed by atoms with van der Waals surface area (Å²) in [5.41, 5.74) is 4.93. The highest BCUT2D eigenvalue weighted by Gasteiger charge is 2.31. The standard InChI is InChI=1S/C23H23N3O/c1-17-9-11-18(12-10-17)16-26(23(27)25-22-8-4-5-15-24-22)21-14-13-19-6-2-3-7-20(19)21/h2-12,15,21H,13-14,16H2,1H3,(H,24,25,27)/t21-/m1/s1. The van der Waals surface area contributed by atoms with Crippen LogP contribution in [-0.4, -0.2) is 15.9 Å². The highest BCUT2D eigenvalue weighted by Crippen LogP contribution is 2.36. The predicted octanol–water partition coefficient (Wildman–Crippen LogP) is 5.11. The van der Waals surface area contributed by atoms with Gasteiger partial charge in [-0.3, -0.25) is 5.32 Å². The fourth-order valence-electron chi connectivity index (χ4n) is 3.69. The number of nitrogens with one attached hydrogen (secondary N) is 1. The fraction of sp³-hybridized carbons (Fsp3) is 0.217. The molecule has 0 bridgehead atoms. The summed E-state index contributed by atoms with van der Waals surface area (Å²) >= 11 is 0. The molecule has 0 aliphatic heterocycles. The first-order valence-electron chi connectivity index (χ1n) is 9.33. The number of aromatic nitrogens is 1. The number of rotatable bonds is 4. The van der Waals surface area contributed by atoms with E-state index in [1.807, 2.05) is 23.1 Å². The van der Waals surface area contributed by atoms with Crippen molar-refractivity contribution >= 4 is 11.8 Å². The zero-order chi connectivity index (χ0) is 18.6. The van der Waals surface area contributed by atoms with Crippen molar-refractivity contribution in [1.82, 2.24) is 9.88 Å². The van der Waals surface area contributed by atoms with Crippen LogP contribution in [0.1, 0.15) is 34.7 Å². The lowest BCUT2D eigenvalue weighted by molar-refractivity contribution is 0.183. The number of urea groups is 1. The van der Waals surface area contributed by atoms with Crippen molar-refractivity contribution in [3.63, 3.8) is 0 Å². The number of benzene rings is 2. The molecule has 4 rings (SSSR count). The van der Waals surface area contributed by atoms with Gasteiger partial charge in [0.05, 0.1) is 6.04 Å². The van der Waals surface area contributed by atoms with Crippen LogP contribution in [0, 0.1) is 6.92 Å². The summed E-state index contributed by atoms with van der Waals surface area (Å²) in [5.74, 6) is 0.572. The highest BCUT2D eigenvalue weighted by molar-refractivity contribution is 5.88. The minimum atomic E-state index is -0.115. The summed E-state index contributed by atoms with van der Waals surface area (Å²) in [6.07, 6.45) is 3.63. The minimum Gasteiger partial charge on any atom is -0.313 e. The number of pyridine rings is 1. The number of carbonyl (C=O) groups is 1. The largest absolute Gasteiger partial charge is 0.323 e. The number of anilines is 1. The van der Waals surface area contributed by atoms with E-state index >= 15 is 0 Å². The molecule has 1 heterocycles. The van der Waals surface area contributed by atoms with E-state index in [4.69, 9.17) is 0 Å². The summed E-state index contributed by atoms with van der Waals surface area (Å²) < 4.78 is 0. The fourth-order valence-corrected chi connectivity index (χ4v) is 3.69. The van der Waals surface area contributed by atoms with Crippen LogP contribution in [0.5, 0.6) is 0 Å². The molecule has 0 saturated carbocycles. The van der Waals surface area contributed by atoms with Crippen LogP contribution in [0.2, 0.25) is 0 Å². The van der Waals surface area contributed by atoms with E-state index in [1.54, 1.807) is 6.20 Å². The Kier molecular flexibility index (Phi) is 4.88. The number of nitrogens with zero attached hydrogens (tertiary/aromatic N) is 2. The van der Waals surface area contributed by atoms with Crippen molar-refractivity contribution < 1.29 is 4.79 Å². The van der Waals surface area contributed by atoms with Crippen LogP contribution in [0.4, 0.5) is 10.6 Å². The quantitative estimate of drug-likeness (QED) is 0.705. The molecule has 1 N–H and O–H groups in total. The highest BCUT2D eigenvalue weighted by atomic mass is 16.2. The smallest absolute Gasteiger partial charge is 0.313 e. The molecule has 0 fully saturated rings. The number of hydrogen-bond donors (Lipinski definition) is 1. The van der Waals surface area contributed by atoms with Gasteiger partial charge < -0.3 is 4.90 Å². The van der Waals surface area contributed by atoms with E-state index in [-0.39, 0.29) is 12.1 Å². The zero-order valence-corrected chi connectivity index (χ0v) is 15.4. The average molecular weight is 357 g/mol. The molecule has 1 aromatic heterocycles. The predicted molar refractivity (Wildman–Crippen MR) is 107 cm³/mol. The van der Waals surface area contributed by atoms with E-state index in [0.29, 0.717) is 12.4 Å². The van der Waals surface area contributed by atoms with Gasteiger partial charge in [-0.05, 0) is 48.6 Å². The SMILES string of the molecule is Cc1ccc(CN(C(=O)Nc2ccccn2)[C@@H]2CCc3ccccc32)cc1. The first kappa shape index (κ1) is 17.3. The van der Waals surface area contributed by atoms with Gasteiger partial charge in [-0.15, -0.1) is 0 Å². The molecule has 0 saturated heterocycles. The van der Waals surface area contributed by atoms with Crippen molar-refractivity contribution in [2.75, 3.05) is 5.32 Å². The Labute approximate surface area is 159 Å². The monoisotopic (exact) mass is 357 g/mol. The van der Waals surface area contributed by atoms with Gasteiger partial charge in [0.15, 0.2) is 0 Å². The molecule has 3 aromatic rings. The number of amides is 2. The van der Waals surface area contributed by atoms with Crippen molar-refractivity contribution in [3.8, 4) is 0 Å². The van der Waals surface area contributed by atoms with Crippen molar-refractivity contribution in [2.24, 2.45) is 0 Å². The molecular weight excluding hydrogens is 334 g/mol. The first-order chi connectivity index (χ1) is 13.2. The Morgan fingerprint density at radius 1 is 1.07 bits per heavy atom. The summed E-state index contributed by atoms with van der Waals surface area (Å²) in [6, 6.07) is 22.3. The van der Waals surface area contributed by atoms with Gasteiger partial charge in [0, 0.05) is 12.7 Å². The van der Waals surface area contributed by atoms with Crippen LogP contribution >= 0.6 is 0 Å². The Hall–Kier alpha value is -3.14. The Morgan fingerprint density at radius 3 is 2.63 bits per heavy atom. The lowest BCUT2D eigenvalue weighted by Gasteiger charge is -2.30. The number of carbonyl (C=O) groups excluding carboxylic acids is 1. The maximum Gasteiger partial charge on any atom is 0.323 e. The minimum absolute atomic E-state index is 0.0752. The molecule has 4 heteroatoms. The second kappa shape index (κ2) is 7.62. The molecule has 0 spiro atoms. The van der Waals surface area contributed by atoms with Gasteiger partial charge in [0.1, 0.15) is 5.82 Å². The van der Waals surface area contributed by atoms with Crippen LogP contribution in [0.25, 0.3) is 0 Å². The van der Waals surface area contributed by atoms with E-state index < -0.39 is 0 Å². The van der Waals surface area contributed by atoms with E-state index in [2.05, 4.69) is 65.8 Å². The van der Waals surface area contributed by atoms with E-state index in [1.165, 1.54) is 16.7 Å². The second-order valence-electron chi connectivity index (χ2n) is 7.01.